The second-order valence-electron chi connectivity index (χ2n) is 4.39. The van der Waals surface area contributed by atoms with E-state index in [9.17, 15) is 18.0 Å². The van der Waals surface area contributed by atoms with Gasteiger partial charge < -0.3 is 5.32 Å². The van der Waals surface area contributed by atoms with Crippen LogP contribution in [0.5, 0.6) is 0 Å². The van der Waals surface area contributed by atoms with Crippen molar-refractivity contribution in [2.75, 3.05) is 0 Å². The maximum atomic E-state index is 12.4. The highest BCUT2D eigenvalue weighted by atomic mass is 19.4. The summed E-state index contributed by atoms with van der Waals surface area (Å²) in [5.74, 6) is 0.0173. The summed E-state index contributed by atoms with van der Waals surface area (Å²) in [6, 6.07) is 3.63. The minimum atomic E-state index is -4.46. The first-order valence-corrected chi connectivity index (χ1v) is 5.59. The van der Waals surface area contributed by atoms with Crippen molar-refractivity contribution in [2.45, 2.75) is 33.0 Å². The lowest BCUT2D eigenvalue weighted by molar-refractivity contribution is -0.141. The molecule has 1 N–H and O–H groups in total. The zero-order chi connectivity index (χ0) is 13.8. The van der Waals surface area contributed by atoms with Crippen LogP contribution < -0.4 is 5.32 Å². The first kappa shape index (κ1) is 14.5. The number of aromatic nitrogens is 1. The predicted molar refractivity (Wildman–Crippen MR) is 60.5 cm³/mol. The van der Waals surface area contributed by atoms with Gasteiger partial charge in [0.2, 0.25) is 5.91 Å². The zero-order valence-electron chi connectivity index (χ0n) is 10.2. The van der Waals surface area contributed by atoms with Crippen molar-refractivity contribution < 1.29 is 18.0 Å². The Balaban J connectivity index is 2.61. The van der Waals surface area contributed by atoms with Gasteiger partial charge in [-0.2, -0.15) is 13.2 Å². The average Bonchev–Trinajstić information content (AvgIpc) is 2.25. The highest BCUT2D eigenvalue weighted by molar-refractivity contribution is 5.75. The van der Waals surface area contributed by atoms with Crippen molar-refractivity contribution in [3.63, 3.8) is 0 Å². The molecule has 18 heavy (non-hydrogen) atoms. The highest BCUT2D eigenvalue weighted by Gasteiger charge is 2.32. The zero-order valence-corrected chi connectivity index (χ0v) is 10.2. The molecule has 1 amide bonds. The molecule has 0 aromatic carbocycles. The number of nitrogens with one attached hydrogen (secondary N) is 1. The first-order valence-electron chi connectivity index (χ1n) is 5.59. The fraction of sp³-hybridized carbons (Fsp3) is 0.500. The second kappa shape index (κ2) is 5.84. The van der Waals surface area contributed by atoms with Crippen LogP contribution in [0.4, 0.5) is 13.2 Å². The summed E-state index contributed by atoms with van der Waals surface area (Å²) in [5.41, 5.74) is -0.750. The van der Waals surface area contributed by atoms with Crippen LogP contribution >= 0.6 is 0 Å². The van der Waals surface area contributed by atoms with E-state index in [1.807, 2.05) is 13.8 Å². The Morgan fingerprint density at radius 3 is 2.61 bits per heavy atom. The summed E-state index contributed by atoms with van der Waals surface area (Å²) in [6.45, 7) is 3.79. The second-order valence-corrected chi connectivity index (χ2v) is 4.39. The van der Waals surface area contributed by atoms with Crippen LogP contribution in [0.15, 0.2) is 18.2 Å². The SMILES string of the molecule is CC(C)CC(=O)NCc1cccc(C(F)(F)F)n1. The number of halogens is 3. The Labute approximate surface area is 103 Å². The van der Waals surface area contributed by atoms with Gasteiger partial charge in [0, 0.05) is 6.42 Å². The van der Waals surface area contributed by atoms with Crippen molar-refractivity contribution in [3.8, 4) is 0 Å². The topological polar surface area (TPSA) is 42.0 Å². The number of alkyl halides is 3. The smallest absolute Gasteiger partial charge is 0.350 e. The fourth-order valence-corrected chi connectivity index (χ4v) is 1.37. The number of hydrogen-bond acceptors (Lipinski definition) is 2. The molecule has 1 rings (SSSR count). The number of hydrogen-bond donors (Lipinski definition) is 1. The van der Waals surface area contributed by atoms with E-state index < -0.39 is 11.9 Å². The van der Waals surface area contributed by atoms with Crippen molar-refractivity contribution in [3.05, 3.63) is 29.6 Å². The molecule has 6 heteroatoms. The standard InChI is InChI=1S/C12H15F3N2O/c1-8(2)6-11(18)16-7-9-4-3-5-10(17-9)12(13,14)15/h3-5,8H,6-7H2,1-2H3,(H,16,18). The van der Waals surface area contributed by atoms with Crippen LogP contribution in [0.3, 0.4) is 0 Å². The van der Waals surface area contributed by atoms with Gasteiger partial charge in [0.15, 0.2) is 0 Å². The van der Waals surface area contributed by atoms with E-state index in [2.05, 4.69) is 10.3 Å². The van der Waals surface area contributed by atoms with Crippen LogP contribution in [0, 0.1) is 5.92 Å². The summed E-state index contributed by atoms with van der Waals surface area (Å²) in [4.78, 5) is 14.8. The Bertz CT molecular complexity index is 416. The Morgan fingerprint density at radius 1 is 1.39 bits per heavy atom. The molecule has 0 fully saturated rings. The monoisotopic (exact) mass is 260 g/mol. The van der Waals surface area contributed by atoms with E-state index in [1.54, 1.807) is 0 Å². The van der Waals surface area contributed by atoms with Gasteiger partial charge in [-0.3, -0.25) is 4.79 Å². The molecule has 1 heterocycles. The molecule has 0 unspecified atom stereocenters. The van der Waals surface area contributed by atoms with Gasteiger partial charge in [-0.05, 0) is 18.1 Å². The molecule has 0 atom stereocenters. The van der Waals surface area contributed by atoms with Gasteiger partial charge in [0.25, 0.3) is 0 Å². The van der Waals surface area contributed by atoms with Crippen molar-refractivity contribution in [1.29, 1.82) is 0 Å². The molecule has 100 valence electrons. The lowest BCUT2D eigenvalue weighted by Crippen LogP contribution is -2.24. The van der Waals surface area contributed by atoms with Crippen LogP contribution in [-0.4, -0.2) is 10.9 Å². The maximum Gasteiger partial charge on any atom is 0.433 e. The molecule has 0 aliphatic rings. The summed E-state index contributed by atoms with van der Waals surface area (Å²) in [5, 5.41) is 2.54. The normalized spacial score (nSPS) is 11.7. The molecule has 1 aromatic heterocycles. The minimum Gasteiger partial charge on any atom is -0.350 e. The number of nitrogens with zero attached hydrogens (tertiary/aromatic N) is 1. The van der Waals surface area contributed by atoms with E-state index in [4.69, 9.17) is 0 Å². The third kappa shape index (κ3) is 4.73. The Kier molecular flexibility index (Phi) is 4.69. The molecule has 0 radical (unpaired) electrons. The average molecular weight is 260 g/mol. The lowest BCUT2D eigenvalue weighted by atomic mass is 10.1. The van der Waals surface area contributed by atoms with E-state index in [0.717, 1.165) is 6.07 Å². The van der Waals surface area contributed by atoms with Crippen LogP contribution in [-0.2, 0) is 17.5 Å². The number of pyridine rings is 1. The molecule has 0 saturated carbocycles. The van der Waals surface area contributed by atoms with Gasteiger partial charge in [-0.1, -0.05) is 19.9 Å². The molecule has 0 aliphatic heterocycles. The Morgan fingerprint density at radius 2 is 2.06 bits per heavy atom. The number of rotatable bonds is 4. The van der Waals surface area contributed by atoms with Gasteiger partial charge in [0.05, 0.1) is 12.2 Å². The third-order valence-electron chi connectivity index (χ3n) is 2.16. The third-order valence-corrected chi connectivity index (χ3v) is 2.16. The minimum absolute atomic E-state index is 0.00940. The molecular weight excluding hydrogens is 245 g/mol. The summed E-state index contributed by atoms with van der Waals surface area (Å²) in [6.07, 6.45) is -4.11. The van der Waals surface area contributed by atoms with Gasteiger partial charge in [-0.15, -0.1) is 0 Å². The molecular formula is C12H15F3N2O. The predicted octanol–water partition coefficient (Wildman–Crippen LogP) is 2.76. The quantitative estimate of drug-likeness (QED) is 0.904. The van der Waals surface area contributed by atoms with Crippen molar-refractivity contribution >= 4 is 5.91 Å². The molecule has 0 saturated heterocycles. The van der Waals surface area contributed by atoms with Crippen molar-refractivity contribution in [2.24, 2.45) is 5.92 Å². The summed E-state index contributed by atoms with van der Waals surface area (Å²) in [7, 11) is 0. The van der Waals surface area contributed by atoms with Crippen LogP contribution in [0.25, 0.3) is 0 Å². The van der Waals surface area contributed by atoms with E-state index >= 15 is 0 Å². The molecule has 0 bridgehead atoms. The van der Waals surface area contributed by atoms with E-state index in [0.29, 0.717) is 6.42 Å². The van der Waals surface area contributed by atoms with E-state index in [-0.39, 0.29) is 24.1 Å². The van der Waals surface area contributed by atoms with Gasteiger partial charge in [-0.25, -0.2) is 4.98 Å². The van der Waals surface area contributed by atoms with E-state index in [1.165, 1.54) is 12.1 Å². The Hall–Kier alpha value is -1.59. The lowest BCUT2D eigenvalue weighted by Gasteiger charge is -2.09. The maximum absolute atomic E-state index is 12.4. The fourth-order valence-electron chi connectivity index (χ4n) is 1.37. The van der Waals surface area contributed by atoms with Crippen molar-refractivity contribution in [1.82, 2.24) is 10.3 Å². The van der Waals surface area contributed by atoms with Gasteiger partial charge in [0.1, 0.15) is 5.69 Å². The largest absolute Gasteiger partial charge is 0.433 e. The highest BCUT2D eigenvalue weighted by Crippen LogP contribution is 2.27. The summed E-state index contributed by atoms with van der Waals surface area (Å²) >= 11 is 0. The molecule has 0 spiro atoms. The van der Waals surface area contributed by atoms with Gasteiger partial charge >= 0.3 is 6.18 Å². The summed E-state index contributed by atoms with van der Waals surface area (Å²) < 4.78 is 37.2. The molecule has 0 aliphatic carbocycles. The molecule has 1 aromatic rings. The first-order chi connectivity index (χ1) is 8.29. The number of carbonyl (C=O) groups is 1. The van der Waals surface area contributed by atoms with Crippen LogP contribution in [0.2, 0.25) is 0 Å². The number of amides is 1. The molecule has 3 nitrogen and oxygen atoms in total. The van der Waals surface area contributed by atoms with Crippen LogP contribution in [0.1, 0.15) is 31.7 Å². The number of carbonyl (C=O) groups excluding carboxylic acids is 1.